The molecule has 8 aromatic rings. The molecule has 234 valence electrons. The van der Waals surface area contributed by atoms with Crippen LogP contribution in [0.15, 0.2) is 173 Å². The summed E-state index contributed by atoms with van der Waals surface area (Å²) in [5.74, 6) is 3.33. The molecule has 1 spiro atoms. The molecule has 0 saturated heterocycles. The van der Waals surface area contributed by atoms with Crippen LogP contribution in [0.25, 0.3) is 60.9 Å². The average molecular weight is 659 g/mol. The quantitative estimate of drug-likeness (QED) is 0.189. The van der Waals surface area contributed by atoms with E-state index in [2.05, 4.69) is 133 Å². The van der Waals surface area contributed by atoms with Gasteiger partial charge in [-0.05, 0) is 46.5 Å². The van der Waals surface area contributed by atoms with Crippen molar-refractivity contribution < 1.29 is 9.15 Å². The van der Waals surface area contributed by atoms with Crippen LogP contribution in [-0.4, -0.2) is 9.97 Å². The Morgan fingerprint density at radius 3 is 1.98 bits per heavy atom. The average Bonchev–Trinajstić information content (AvgIpc) is 3.81. The lowest BCUT2D eigenvalue weighted by Crippen LogP contribution is -2.30. The van der Waals surface area contributed by atoms with Crippen molar-refractivity contribution >= 4 is 27.6 Å². The van der Waals surface area contributed by atoms with E-state index in [1.54, 1.807) is 11.8 Å². The third-order valence-corrected chi connectivity index (χ3v) is 11.3. The molecule has 3 heterocycles. The number of nitrogens with zero attached hydrogens (tertiary/aromatic N) is 2. The number of hydrogen-bond donors (Lipinski definition) is 0. The van der Waals surface area contributed by atoms with Gasteiger partial charge in [0, 0.05) is 27.6 Å². The number of rotatable bonds is 3. The Morgan fingerprint density at radius 2 is 1.18 bits per heavy atom. The molecule has 0 fully saturated rings. The van der Waals surface area contributed by atoms with Crippen molar-refractivity contribution in [1.29, 1.82) is 0 Å². The Balaban J connectivity index is 1.22. The highest BCUT2D eigenvalue weighted by atomic mass is 32.2. The molecule has 1 aliphatic heterocycles. The second-order valence-corrected chi connectivity index (χ2v) is 13.9. The molecular weight excluding hydrogens is 633 g/mol. The first-order valence-electron chi connectivity index (χ1n) is 16.7. The molecule has 2 aromatic heterocycles. The lowest BCUT2D eigenvalue weighted by atomic mass is 9.76. The summed E-state index contributed by atoms with van der Waals surface area (Å²) in [5, 5.41) is 1.09. The maximum absolute atomic E-state index is 7.06. The van der Waals surface area contributed by atoms with E-state index in [1.165, 1.54) is 0 Å². The summed E-state index contributed by atoms with van der Waals surface area (Å²) in [5.41, 5.74) is 10.5. The molecule has 50 heavy (non-hydrogen) atoms. The van der Waals surface area contributed by atoms with Crippen molar-refractivity contribution in [2.45, 2.75) is 10.3 Å². The highest BCUT2D eigenvalue weighted by Crippen LogP contribution is 2.68. The third-order valence-electron chi connectivity index (χ3n) is 10.2. The van der Waals surface area contributed by atoms with E-state index in [0.29, 0.717) is 5.82 Å². The Labute approximate surface area is 292 Å². The molecule has 1 atom stereocenters. The SMILES string of the molecule is c1ccc(-c2cc(-c3ccccc3)nc(-c3cccc4c3-c3ccccc3C43C4=C(Sc5ccccc5O4)c4c3oc3ccccc43)n2)cc1. The molecular formula is C45H26N2O2S. The molecule has 11 rings (SSSR count). The maximum atomic E-state index is 7.06. The Hall–Kier alpha value is -6.17. The maximum Gasteiger partial charge on any atom is 0.161 e. The number of benzene rings is 6. The van der Waals surface area contributed by atoms with Gasteiger partial charge in [0.25, 0.3) is 0 Å². The van der Waals surface area contributed by atoms with Gasteiger partial charge in [0.2, 0.25) is 0 Å². The van der Waals surface area contributed by atoms with Crippen molar-refractivity contribution in [2.24, 2.45) is 0 Å². The summed E-state index contributed by atoms with van der Waals surface area (Å²) in [4.78, 5) is 12.7. The van der Waals surface area contributed by atoms with E-state index >= 15 is 0 Å². The zero-order chi connectivity index (χ0) is 32.8. The van der Waals surface area contributed by atoms with Gasteiger partial charge in [-0.3, -0.25) is 0 Å². The van der Waals surface area contributed by atoms with Gasteiger partial charge in [-0.15, -0.1) is 0 Å². The van der Waals surface area contributed by atoms with Crippen LogP contribution in [0.4, 0.5) is 0 Å². The van der Waals surface area contributed by atoms with Crippen molar-refractivity contribution in [1.82, 2.24) is 9.97 Å². The highest BCUT2D eigenvalue weighted by Gasteiger charge is 2.59. The van der Waals surface area contributed by atoms with Crippen LogP contribution in [0.5, 0.6) is 5.75 Å². The fraction of sp³-hybridized carbons (Fsp3) is 0.0222. The van der Waals surface area contributed by atoms with Crippen LogP contribution in [0.1, 0.15) is 22.5 Å². The number of fused-ring (bicyclic) bond motifs is 12. The minimum Gasteiger partial charge on any atom is -0.459 e. The summed E-state index contributed by atoms with van der Waals surface area (Å²) in [6.45, 7) is 0. The largest absolute Gasteiger partial charge is 0.459 e. The number of hydrogen-bond acceptors (Lipinski definition) is 5. The van der Waals surface area contributed by atoms with Gasteiger partial charge in [-0.2, -0.15) is 0 Å². The van der Waals surface area contributed by atoms with Gasteiger partial charge >= 0.3 is 0 Å². The lowest BCUT2D eigenvalue weighted by molar-refractivity contribution is 0.343. The number of para-hydroxylation sites is 2. The van der Waals surface area contributed by atoms with Gasteiger partial charge in [-0.1, -0.05) is 145 Å². The summed E-state index contributed by atoms with van der Waals surface area (Å²) >= 11 is 1.77. The van der Waals surface area contributed by atoms with E-state index in [-0.39, 0.29) is 0 Å². The van der Waals surface area contributed by atoms with E-state index in [9.17, 15) is 0 Å². The molecule has 6 aromatic carbocycles. The van der Waals surface area contributed by atoms with Crippen molar-refractivity contribution in [3.8, 4) is 50.8 Å². The van der Waals surface area contributed by atoms with E-state index in [1.807, 2.05) is 24.3 Å². The van der Waals surface area contributed by atoms with Crippen LogP contribution < -0.4 is 4.74 Å². The van der Waals surface area contributed by atoms with Crippen molar-refractivity contribution in [3.05, 3.63) is 186 Å². The molecule has 4 nitrogen and oxygen atoms in total. The van der Waals surface area contributed by atoms with Crippen LogP contribution in [-0.2, 0) is 5.41 Å². The first-order valence-corrected chi connectivity index (χ1v) is 17.6. The predicted octanol–water partition coefficient (Wildman–Crippen LogP) is 11.4. The van der Waals surface area contributed by atoms with Gasteiger partial charge in [-0.25, -0.2) is 9.97 Å². The minimum absolute atomic E-state index is 0.676. The molecule has 0 saturated carbocycles. The molecule has 0 bridgehead atoms. The first kappa shape index (κ1) is 27.7. The van der Waals surface area contributed by atoms with Gasteiger partial charge in [0.15, 0.2) is 5.82 Å². The number of furan rings is 1. The summed E-state index contributed by atoms with van der Waals surface area (Å²) in [6, 6.07) is 54.6. The van der Waals surface area contributed by atoms with Crippen LogP contribution in [0.3, 0.4) is 0 Å². The smallest absolute Gasteiger partial charge is 0.161 e. The number of ether oxygens (including phenoxy) is 1. The predicted molar refractivity (Wildman–Crippen MR) is 200 cm³/mol. The second kappa shape index (κ2) is 10.4. The molecule has 3 aliphatic rings. The first-order chi connectivity index (χ1) is 24.8. The minimum atomic E-state index is -0.800. The van der Waals surface area contributed by atoms with E-state index < -0.39 is 5.41 Å². The number of allylic oxidation sites excluding steroid dienone is 1. The van der Waals surface area contributed by atoms with Gasteiger partial charge < -0.3 is 9.15 Å². The Bertz CT molecular complexity index is 2660. The summed E-state index contributed by atoms with van der Waals surface area (Å²) in [7, 11) is 0. The standard InChI is InChI=1S/C45H26N2O2S/c1-3-14-27(15-4-1)34-26-35(28-16-5-2-6-17-28)47-44(46-34)31-20-13-22-33-39(31)29-18-7-9-21-32(29)45(33)42-40(30-19-8-10-23-36(30)48-42)41-43(45)49-37-24-11-12-25-38(37)50-41/h1-26H. The molecule has 0 N–H and O–H groups in total. The van der Waals surface area contributed by atoms with E-state index in [4.69, 9.17) is 19.1 Å². The Kier molecular flexibility index (Phi) is 5.78. The van der Waals surface area contributed by atoms with Crippen molar-refractivity contribution in [3.63, 3.8) is 0 Å². The van der Waals surface area contributed by atoms with E-state index in [0.717, 1.165) is 93.9 Å². The normalized spacial score (nSPS) is 16.5. The van der Waals surface area contributed by atoms with Crippen molar-refractivity contribution in [2.75, 3.05) is 0 Å². The van der Waals surface area contributed by atoms with Gasteiger partial charge in [0.1, 0.15) is 28.3 Å². The zero-order valence-electron chi connectivity index (χ0n) is 26.6. The highest BCUT2D eigenvalue weighted by molar-refractivity contribution is 8.08. The third kappa shape index (κ3) is 3.72. The van der Waals surface area contributed by atoms with Crippen LogP contribution in [0, 0.1) is 0 Å². The van der Waals surface area contributed by atoms with Gasteiger partial charge in [0.05, 0.1) is 21.2 Å². The van der Waals surface area contributed by atoms with Crippen LogP contribution in [0.2, 0.25) is 0 Å². The molecule has 2 aliphatic carbocycles. The molecule has 0 amide bonds. The fourth-order valence-electron chi connectivity index (χ4n) is 8.07. The topological polar surface area (TPSA) is 48.2 Å². The summed E-state index contributed by atoms with van der Waals surface area (Å²) in [6.07, 6.45) is 0. The Morgan fingerprint density at radius 1 is 0.540 bits per heavy atom. The number of aromatic nitrogens is 2. The second-order valence-electron chi connectivity index (χ2n) is 12.8. The van der Waals surface area contributed by atoms with Crippen LogP contribution >= 0.6 is 11.8 Å². The fourth-order valence-corrected chi connectivity index (χ4v) is 9.23. The molecule has 1 unspecified atom stereocenters. The molecule has 5 heteroatoms. The molecule has 0 radical (unpaired) electrons. The summed E-state index contributed by atoms with van der Waals surface area (Å²) < 4.78 is 14.1. The zero-order valence-corrected chi connectivity index (χ0v) is 27.4. The lowest BCUT2D eigenvalue weighted by Gasteiger charge is -2.31. The number of thioether (sulfide) groups is 1. The monoisotopic (exact) mass is 658 g/mol.